The van der Waals surface area contributed by atoms with Gasteiger partial charge in [-0.3, -0.25) is 0 Å². The first-order valence-electron chi connectivity index (χ1n) is 10.3. The molecule has 0 radical (unpaired) electrons. The number of nitrogens with zero attached hydrogens (tertiary/aromatic N) is 3. The van der Waals surface area contributed by atoms with Gasteiger partial charge in [-0.05, 0) is 42.9 Å². The molecule has 2 aromatic heterocycles. The van der Waals surface area contributed by atoms with Gasteiger partial charge < -0.3 is 9.80 Å². The van der Waals surface area contributed by atoms with E-state index in [9.17, 15) is 4.39 Å². The summed E-state index contributed by atoms with van der Waals surface area (Å²) in [7, 11) is 0. The van der Waals surface area contributed by atoms with Crippen LogP contribution in [0.1, 0.15) is 29.3 Å². The van der Waals surface area contributed by atoms with Crippen LogP contribution < -0.4 is 9.80 Å². The van der Waals surface area contributed by atoms with Crippen molar-refractivity contribution in [3.63, 3.8) is 0 Å². The molecule has 0 unspecified atom stereocenters. The number of aromatic nitrogens is 2. The number of halogens is 1. The highest BCUT2D eigenvalue weighted by Gasteiger charge is 2.27. The van der Waals surface area contributed by atoms with Crippen molar-refractivity contribution in [3.8, 4) is 0 Å². The van der Waals surface area contributed by atoms with Gasteiger partial charge in [-0.2, -0.15) is 0 Å². The van der Waals surface area contributed by atoms with E-state index in [1.807, 2.05) is 23.5 Å². The van der Waals surface area contributed by atoms with Crippen LogP contribution in [-0.4, -0.2) is 36.1 Å². The molecule has 0 saturated carbocycles. The predicted molar refractivity (Wildman–Crippen MR) is 112 cm³/mol. The molecule has 0 amide bonds. The van der Waals surface area contributed by atoms with Crippen LogP contribution in [0.25, 0.3) is 10.2 Å². The molecular weight excluding hydrogens is 371 g/mol. The molecule has 1 saturated heterocycles. The molecule has 1 N–H and O–H groups in total. The summed E-state index contributed by atoms with van der Waals surface area (Å²) >= 11 is 1.87. The van der Waals surface area contributed by atoms with Gasteiger partial charge in [-0.1, -0.05) is 19.1 Å². The average Bonchev–Trinajstić information content (AvgIpc) is 3.08. The maximum atomic E-state index is 13.1. The number of nitrogens with one attached hydrogen (secondary N) is 1. The zero-order chi connectivity index (χ0) is 19.1. The summed E-state index contributed by atoms with van der Waals surface area (Å²) in [6, 6.07) is 6.93. The fourth-order valence-corrected chi connectivity index (χ4v) is 5.79. The van der Waals surface area contributed by atoms with Gasteiger partial charge in [0.15, 0.2) is 0 Å². The Labute approximate surface area is 169 Å². The molecule has 1 aliphatic carbocycles. The molecule has 1 fully saturated rings. The van der Waals surface area contributed by atoms with Crippen LogP contribution in [0.4, 0.5) is 10.2 Å². The highest BCUT2D eigenvalue weighted by molar-refractivity contribution is 7.19. The summed E-state index contributed by atoms with van der Waals surface area (Å²) in [5.74, 6) is 1.72. The number of hydrogen-bond donors (Lipinski definition) is 1. The second-order valence-corrected chi connectivity index (χ2v) is 9.35. The Kier molecular flexibility index (Phi) is 4.77. The minimum atomic E-state index is -0.162. The predicted octanol–water partition coefficient (Wildman–Crippen LogP) is 2.86. The van der Waals surface area contributed by atoms with E-state index in [-0.39, 0.29) is 5.82 Å². The van der Waals surface area contributed by atoms with Crippen LogP contribution in [0.15, 0.2) is 30.6 Å². The van der Waals surface area contributed by atoms with Crippen LogP contribution in [0, 0.1) is 11.7 Å². The number of rotatable bonds is 3. The standard InChI is InChI=1S/C22H25FN4S/c1-15-2-7-19-18(12-15)20-21(24-14-25-22(20)28-19)27-10-8-26(9-11-27)13-16-3-5-17(23)6-4-16/h3-6,14-15H,2,7-13H2,1H3/p+1/t15-/m1/s1. The minimum absolute atomic E-state index is 0.162. The van der Waals surface area contributed by atoms with Crippen molar-refractivity contribution >= 4 is 27.4 Å². The van der Waals surface area contributed by atoms with E-state index in [1.165, 1.54) is 34.2 Å². The fraction of sp³-hybridized carbons (Fsp3) is 0.455. The lowest BCUT2D eigenvalue weighted by Gasteiger charge is -2.33. The number of thiophene rings is 1. The second-order valence-electron chi connectivity index (χ2n) is 8.27. The molecule has 1 aromatic carbocycles. The third-order valence-electron chi connectivity index (χ3n) is 6.20. The highest BCUT2D eigenvalue weighted by atomic mass is 32.1. The Balaban J connectivity index is 1.34. The lowest BCUT2D eigenvalue weighted by molar-refractivity contribution is -0.914. The van der Waals surface area contributed by atoms with Gasteiger partial charge in [0.1, 0.15) is 29.3 Å². The van der Waals surface area contributed by atoms with Crippen LogP contribution in [0.2, 0.25) is 0 Å². The smallest absolute Gasteiger partial charge is 0.141 e. The number of aryl methyl sites for hydroxylation is 1. The first kappa shape index (κ1) is 18.0. The van der Waals surface area contributed by atoms with E-state index in [0.717, 1.165) is 55.7 Å². The Morgan fingerprint density at radius 2 is 1.96 bits per heavy atom. The van der Waals surface area contributed by atoms with E-state index in [1.54, 1.807) is 23.4 Å². The quantitative estimate of drug-likeness (QED) is 0.738. The van der Waals surface area contributed by atoms with Gasteiger partial charge in [0.25, 0.3) is 0 Å². The first-order valence-corrected chi connectivity index (χ1v) is 11.1. The first-order chi connectivity index (χ1) is 13.7. The molecule has 0 bridgehead atoms. The number of anilines is 1. The molecule has 5 rings (SSSR count). The molecule has 6 heteroatoms. The van der Waals surface area contributed by atoms with Crippen molar-refractivity contribution in [2.24, 2.45) is 5.92 Å². The molecule has 1 atom stereocenters. The summed E-state index contributed by atoms with van der Waals surface area (Å²) in [6.07, 6.45) is 5.37. The average molecular weight is 398 g/mol. The Hall–Kier alpha value is -2.05. The molecule has 3 aromatic rings. The largest absolute Gasteiger partial charge is 0.345 e. The zero-order valence-corrected chi connectivity index (χ0v) is 17.1. The van der Waals surface area contributed by atoms with E-state index < -0.39 is 0 Å². The summed E-state index contributed by atoms with van der Waals surface area (Å²) in [4.78, 5) is 16.0. The third-order valence-corrected chi connectivity index (χ3v) is 7.40. The number of quaternary nitrogens is 1. The van der Waals surface area contributed by atoms with E-state index in [4.69, 9.17) is 4.98 Å². The van der Waals surface area contributed by atoms with Crippen LogP contribution >= 0.6 is 11.3 Å². The fourth-order valence-electron chi connectivity index (χ4n) is 4.61. The Morgan fingerprint density at radius 3 is 2.75 bits per heavy atom. The van der Waals surface area contributed by atoms with E-state index in [0.29, 0.717) is 0 Å². The van der Waals surface area contributed by atoms with E-state index >= 15 is 0 Å². The molecule has 28 heavy (non-hydrogen) atoms. The molecule has 1 aliphatic heterocycles. The van der Waals surface area contributed by atoms with Crippen LogP contribution in [-0.2, 0) is 19.4 Å². The number of benzene rings is 1. The van der Waals surface area contributed by atoms with Crippen molar-refractivity contribution in [1.29, 1.82) is 0 Å². The molecule has 3 heterocycles. The lowest BCUT2D eigenvalue weighted by Crippen LogP contribution is -3.13. The van der Waals surface area contributed by atoms with Crippen molar-refractivity contribution < 1.29 is 9.29 Å². The minimum Gasteiger partial charge on any atom is -0.345 e. The summed E-state index contributed by atoms with van der Waals surface area (Å²) < 4.78 is 13.1. The van der Waals surface area contributed by atoms with Gasteiger partial charge in [0, 0.05) is 10.4 Å². The van der Waals surface area contributed by atoms with Gasteiger partial charge in [-0.25, -0.2) is 14.4 Å². The van der Waals surface area contributed by atoms with Crippen LogP contribution in [0.5, 0.6) is 0 Å². The van der Waals surface area contributed by atoms with E-state index in [2.05, 4.69) is 16.8 Å². The van der Waals surface area contributed by atoms with Crippen LogP contribution in [0.3, 0.4) is 0 Å². The second kappa shape index (κ2) is 7.41. The topological polar surface area (TPSA) is 33.5 Å². The number of hydrogen-bond acceptors (Lipinski definition) is 4. The normalized spacial score (nSPS) is 20.5. The molecule has 0 spiro atoms. The van der Waals surface area contributed by atoms with Crippen molar-refractivity contribution in [2.45, 2.75) is 32.7 Å². The Morgan fingerprint density at radius 1 is 1.18 bits per heavy atom. The maximum absolute atomic E-state index is 13.1. The van der Waals surface area contributed by atoms with Gasteiger partial charge in [0.05, 0.1) is 31.6 Å². The zero-order valence-electron chi connectivity index (χ0n) is 16.2. The lowest BCUT2D eigenvalue weighted by atomic mass is 9.88. The molecule has 2 aliphatic rings. The molecule has 146 valence electrons. The van der Waals surface area contributed by atoms with Gasteiger partial charge in [-0.15, -0.1) is 11.3 Å². The van der Waals surface area contributed by atoms with Crippen molar-refractivity contribution in [2.75, 3.05) is 31.1 Å². The van der Waals surface area contributed by atoms with Gasteiger partial charge in [0.2, 0.25) is 0 Å². The molecule has 4 nitrogen and oxygen atoms in total. The highest BCUT2D eigenvalue weighted by Crippen LogP contribution is 2.40. The number of fused-ring (bicyclic) bond motifs is 3. The summed E-state index contributed by atoms with van der Waals surface area (Å²) in [5, 5.41) is 1.32. The molecular formula is C22H26FN4S+. The third kappa shape index (κ3) is 3.40. The Bertz CT molecular complexity index is 976. The van der Waals surface area contributed by atoms with Gasteiger partial charge >= 0.3 is 0 Å². The van der Waals surface area contributed by atoms with Crippen molar-refractivity contribution in [3.05, 3.63) is 52.4 Å². The SMILES string of the molecule is C[C@@H]1CCc2sc3ncnc(N4CC[NH+](Cc5ccc(F)cc5)CC4)c3c2C1. The maximum Gasteiger partial charge on any atom is 0.141 e. The van der Waals surface area contributed by atoms with Crippen molar-refractivity contribution in [1.82, 2.24) is 9.97 Å². The monoisotopic (exact) mass is 397 g/mol. The summed E-state index contributed by atoms with van der Waals surface area (Å²) in [6.45, 7) is 7.47. The summed E-state index contributed by atoms with van der Waals surface area (Å²) in [5.41, 5.74) is 2.71. The number of piperazine rings is 1.